The monoisotopic (exact) mass is 192 g/mol. The molecule has 0 aromatic rings. The van der Waals surface area contributed by atoms with E-state index in [1.165, 1.54) is 0 Å². The number of aliphatic hydroxyl groups is 3. The van der Waals surface area contributed by atoms with Crippen molar-refractivity contribution in [1.29, 1.82) is 0 Å². The third-order valence-corrected chi connectivity index (χ3v) is 1.75. The van der Waals surface area contributed by atoms with E-state index in [1.807, 2.05) is 0 Å². The van der Waals surface area contributed by atoms with E-state index in [0.29, 0.717) is 0 Å². The van der Waals surface area contributed by atoms with Crippen LogP contribution in [-0.2, 0) is 14.3 Å². The molecule has 1 rings (SSSR count). The molecule has 3 N–H and O–H groups in total. The molecule has 0 radical (unpaired) electrons. The maximum Gasteiger partial charge on any atom is 0.303 e. The smallest absolute Gasteiger partial charge is 0.303 e. The summed E-state index contributed by atoms with van der Waals surface area (Å²) in [5.74, 6) is -0.652. The molecule has 0 spiro atoms. The number of ether oxygens (including phenoxy) is 2. The van der Waals surface area contributed by atoms with Gasteiger partial charge in [-0.05, 0) is 0 Å². The normalized spacial score (nSPS) is 40.0. The summed E-state index contributed by atoms with van der Waals surface area (Å²) < 4.78 is 9.20. The lowest BCUT2D eigenvalue weighted by Crippen LogP contribution is -2.54. The Kier molecular flexibility index (Phi) is 3.21. The predicted octanol–water partition coefficient (Wildman–Crippen LogP) is -2.01. The molecule has 0 aromatic carbocycles. The first-order chi connectivity index (χ1) is 6.02. The molecule has 0 aliphatic carbocycles. The molecule has 0 amide bonds. The number of hydrogen-bond donors (Lipinski definition) is 3. The Bertz CT molecular complexity index is 193. The highest BCUT2D eigenvalue weighted by Gasteiger charge is 2.40. The second kappa shape index (κ2) is 4.01. The van der Waals surface area contributed by atoms with E-state index in [9.17, 15) is 9.90 Å². The maximum absolute atomic E-state index is 10.5. The third-order valence-electron chi connectivity index (χ3n) is 1.75. The van der Waals surface area contributed by atoms with Crippen LogP contribution < -0.4 is 0 Å². The quantitative estimate of drug-likeness (QED) is 0.415. The van der Waals surface area contributed by atoms with Crippen molar-refractivity contribution in [1.82, 2.24) is 0 Å². The van der Waals surface area contributed by atoms with Crippen LogP contribution in [0.2, 0.25) is 0 Å². The van der Waals surface area contributed by atoms with E-state index in [4.69, 9.17) is 10.2 Å². The Hall–Kier alpha value is -0.690. The van der Waals surface area contributed by atoms with Crippen LogP contribution in [0.5, 0.6) is 0 Å². The van der Waals surface area contributed by atoms with Gasteiger partial charge in [0.25, 0.3) is 0 Å². The first-order valence-electron chi connectivity index (χ1n) is 3.85. The fraction of sp³-hybridized carbons (Fsp3) is 0.857. The fourth-order valence-corrected chi connectivity index (χ4v) is 1.10. The molecule has 4 atom stereocenters. The molecule has 13 heavy (non-hydrogen) atoms. The Balaban J connectivity index is 2.60. The van der Waals surface area contributed by atoms with Crippen molar-refractivity contribution < 1.29 is 29.6 Å². The molecule has 1 saturated heterocycles. The summed E-state index contributed by atoms with van der Waals surface area (Å²) >= 11 is 0. The number of carbonyl (C=O) groups is 1. The Morgan fingerprint density at radius 3 is 2.62 bits per heavy atom. The van der Waals surface area contributed by atoms with Gasteiger partial charge in [-0.25, -0.2) is 0 Å². The summed E-state index contributed by atoms with van der Waals surface area (Å²) in [5.41, 5.74) is 0. The van der Waals surface area contributed by atoms with E-state index < -0.39 is 30.6 Å². The minimum atomic E-state index is -1.39. The molecule has 1 fully saturated rings. The Morgan fingerprint density at radius 2 is 2.08 bits per heavy atom. The highest BCUT2D eigenvalue weighted by atomic mass is 16.7. The van der Waals surface area contributed by atoms with E-state index >= 15 is 0 Å². The van der Waals surface area contributed by atoms with Crippen molar-refractivity contribution in [3.63, 3.8) is 0 Å². The van der Waals surface area contributed by atoms with Crippen LogP contribution in [0, 0.1) is 0 Å². The molecule has 0 bridgehead atoms. The van der Waals surface area contributed by atoms with Gasteiger partial charge in [-0.15, -0.1) is 0 Å². The molecule has 0 unspecified atom stereocenters. The van der Waals surface area contributed by atoms with Gasteiger partial charge in [-0.1, -0.05) is 0 Å². The van der Waals surface area contributed by atoms with Gasteiger partial charge in [0.15, 0.2) is 12.4 Å². The van der Waals surface area contributed by atoms with Gasteiger partial charge in [-0.3, -0.25) is 4.79 Å². The zero-order chi connectivity index (χ0) is 10.0. The lowest BCUT2D eigenvalue weighted by atomic mass is 10.1. The van der Waals surface area contributed by atoms with Crippen molar-refractivity contribution in [2.75, 3.05) is 6.61 Å². The van der Waals surface area contributed by atoms with Crippen molar-refractivity contribution in [2.45, 2.75) is 31.5 Å². The summed E-state index contributed by atoms with van der Waals surface area (Å²) in [6.45, 7) is 0.959. The van der Waals surface area contributed by atoms with Gasteiger partial charge in [-0.2, -0.15) is 0 Å². The van der Waals surface area contributed by atoms with Crippen LogP contribution in [0.1, 0.15) is 6.92 Å². The zero-order valence-electron chi connectivity index (χ0n) is 7.08. The van der Waals surface area contributed by atoms with Gasteiger partial charge >= 0.3 is 5.97 Å². The van der Waals surface area contributed by atoms with Crippen LogP contribution in [0.25, 0.3) is 0 Å². The first kappa shape index (κ1) is 10.4. The number of carbonyl (C=O) groups excluding carboxylic acids is 1. The molecule has 6 heteroatoms. The summed E-state index contributed by atoms with van der Waals surface area (Å²) in [6, 6.07) is 0. The van der Waals surface area contributed by atoms with E-state index in [-0.39, 0.29) is 6.61 Å². The standard InChI is InChI=1S/C7H12O6/c1-3(8)13-6-5(10)4(9)2-12-7(6)11/h4-7,9-11H,2H2,1H3/t4-,5-,6+,7+/m1/s1. The molecular formula is C7H12O6. The summed E-state index contributed by atoms with van der Waals surface area (Å²) in [7, 11) is 0. The van der Waals surface area contributed by atoms with Gasteiger partial charge in [0, 0.05) is 6.92 Å². The number of aliphatic hydroxyl groups excluding tert-OH is 3. The van der Waals surface area contributed by atoms with Gasteiger partial charge < -0.3 is 24.8 Å². The van der Waals surface area contributed by atoms with Crippen LogP contribution in [0.15, 0.2) is 0 Å². The molecule has 1 aliphatic rings. The Labute approximate surface area is 74.7 Å². The molecule has 6 nitrogen and oxygen atoms in total. The minimum absolute atomic E-state index is 0.180. The lowest BCUT2D eigenvalue weighted by molar-refractivity contribution is -0.259. The van der Waals surface area contributed by atoms with Gasteiger partial charge in [0.1, 0.15) is 12.2 Å². The average molecular weight is 192 g/mol. The van der Waals surface area contributed by atoms with Crippen molar-refractivity contribution >= 4 is 5.97 Å². The minimum Gasteiger partial charge on any atom is -0.454 e. The van der Waals surface area contributed by atoms with Crippen molar-refractivity contribution in [3.8, 4) is 0 Å². The van der Waals surface area contributed by atoms with Gasteiger partial charge in [0.05, 0.1) is 6.61 Å². The molecule has 0 aromatic heterocycles. The largest absolute Gasteiger partial charge is 0.454 e. The average Bonchev–Trinajstić information content (AvgIpc) is 2.05. The van der Waals surface area contributed by atoms with Crippen molar-refractivity contribution in [2.24, 2.45) is 0 Å². The van der Waals surface area contributed by atoms with Gasteiger partial charge in [0.2, 0.25) is 0 Å². The summed E-state index contributed by atoms with van der Waals surface area (Å²) in [5, 5.41) is 27.5. The first-order valence-corrected chi connectivity index (χ1v) is 3.85. The molecule has 1 aliphatic heterocycles. The fourth-order valence-electron chi connectivity index (χ4n) is 1.10. The highest BCUT2D eigenvalue weighted by Crippen LogP contribution is 2.16. The second-order valence-corrected chi connectivity index (χ2v) is 2.86. The molecular weight excluding hydrogens is 180 g/mol. The van der Waals surface area contributed by atoms with Crippen LogP contribution >= 0.6 is 0 Å². The molecule has 76 valence electrons. The van der Waals surface area contributed by atoms with E-state index in [0.717, 1.165) is 6.92 Å². The molecule has 1 heterocycles. The number of esters is 1. The Morgan fingerprint density at radius 1 is 1.46 bits per heavy atom. The van der Waals surface area contributed by atoms with Crippen LogP contribution in [-0.4, -0.2) is 52.5 Å². The van der Waals surface area contributed by atoms with Crippen LogP contribution in [0.3, 0.4) is 0 Å². The summed E-state index contributed by atoms with van der Waals surface area (Å²) in [6.07, 6.45) is -5.07. The van der Waals surface area contributed by atoms with Crippen LogP contribution in [0.4, 0.5) is 0 Å². The second-order valence-electron chi connectivity index (χ2n) is 2.86. The maximum atomic E-state index is 10.5. The number of rotatable bonds is 1. The van der Waals surface area contributed by atoms with Crippen molar-refractivity contribution in [3.05, 3.63) is 0 Å². The zero-order valence-corrected chi connectivity index (χ0v) is 7.08. The SMILES string of the molecule is CC(=O)O[C@H]1[C@H](O)[C@H](O)CO[C@@H]1O. The third kappa shape index (κ3) is 2.38. The highest BCUT2D eigenvalue weighted by molar-refractivity contribution is 5.66. The molecule has 0 saturated carbocycles. The summed E-state index contributed by atoms with van der Waals surface area (Å²) in [4.78, 5) is 10.5. The topological polar surface area (TPSA) is 96.2 Å². The number of hydrogen-bond acceptors (Lipinski definition) is 6. The van der Waals surface area contributed by atoms with E-state index in [2.05, 4.69) is 9.47 Å². The predicted molar refractivity (Wildman–Crippen MR) is 39.5 cm³/mol. The lowest BCUT2D eigenvalue weighted by Gasteiger charge is -2.34. The van der Waals surface area contributed by atoms with E-state index in [1.54, 1.807) is 0 Å².